The van der Waals surface area contributed by atoms with E-state index in [1.807, 2.05) is 18.2 Å². The maximum absolute atomic E-state index is 6.43. The summed E-state index contributed by atoms with van der Waals surface area (Å²) in [6.45, 7) is 2.14. The van der Waals surface area contributed by atoms with Crippen LogP contribution in [0, 0.1) is 6.92 Å². The van der Waals surface area contributed by atoms with Crippen molar-refractivity contribution in [3.63, 3.8) is 0 Å². The fourth-order valence-corrected chi connectivity index (χ4v) is 2.58. The van der Waals surface area contributed by atoms with Crippen LogP contribution in [0.25, 0.3) is 10.8 Å². The fourth-order valence-electron chi connectivity index (χ4n) is 2.58. The zero-order chi connectivity index (χ0) is 13.2. The molecule has 94 valence electrons. The van der Waals surface area contributed by atoms with Crippen LogP contribution in [-0.4, -0.2) is 0 Å². The van der Waals surface area contributed by atoms with E-state index in [1.165, 1.54) is 21.9 Å². The molecule has 0 aromatic heterocycles. The zero-order valence-electron chi connectivity index (χ0n) is 11.0. The van der Waals surface area contributed by atoms with Gasteiger partial charge in [-0.15, -0.1) is 0 Å². The summed E-state index contributed by atoms with van der Waals surface area (Å²) < 4.78 is 0. The Morgan fingerprint density at radius 3 is 2.11 bits per heavy atom. The van der Waals surface area contributed by atoms with Crippen molar-refractivity contribution in [2.45, 2.75) is 13.0 Å². The summed E-state index contributed by atoms with van der Waals surface area (Å²) in [6.07, 6.45) is 0. The van der Waals surface area contributed by atoms with E-state index < -0.39 is 0 Å². The van der Waals surface area contributed by atoms with Crippen LogP contribution in [0.4, 0.5) is 0 Å². The van der Waals surface area contributed by atoms with Crippen LogP contribution in [0.3, 0.4) is 0 Å². The lowest BCUT2D eigenvalue weighted by Gasteiger charge is -2.16. The first-order valence-electron chi connectivity index (χ1n) is 6.56. The second-order valence-electron chi connectivity index (χ2n) is 4.91. The molecule has 1 heteroatoms. The molecule has 1 atom stereocenters. The molecule has 3 aromatic rings. The predicted octanol–water partition coefficient (Wildman–Crippen LogP) is 4.20. The minimum Gasteiger partial charge on any atom is -0.320 e. The molecule has 2 N–H and O–H groups in total. The number of fused-ring (bicyclic) bond motifs is 1. The van der Waals surface area contributed by atoms with E-state index in [2.05, 4.69) is 55.5 Å². The third-order valence-corrected chi connectivity index (χ3v) is 3.67. The van der Waals surface area contributed by atoms with E-state index in [1.54, 1.807) is 0 Å². The average molecular weight is 247 g/mol. The Kier molecular flexibility index (Phi) is 3.06. The van der Waals surface area contributed by atoms with Gasteiger partial charge in [-0.05, 0) is 34.4 Å². The molecule has 0 radical (unpaired) electrons. The van der Waals surface area contributed by atoms with Crippen LogP contribution in [0.15, 0.2) is 66.7 Å². The zero-order valence-corrected chi connectivity index (χ0v) is 11.0. The van der Waals surface area contributed by atoms with E-state index in [-0.39, 0.29) is 6.04 Å². The number of rotatable bonds is 2. The van der Waals surface area contributed by atoms with Crippen molar-refractivity contribution in [2.24, 2.45) is 5.73 Å². The van der Waals surface area contributed by atoms with Crippen molar-refractivity contribution in [3.05, 3.63) is 83.4 Å². The average Bonchev–Trinajstić information content (AvgIpc) is 2.48. The van der Waals surface area contributed by atoms with Crippen molar-refractivity contribution in [1.29, 1.82) is 0 Å². The minimum absolute atomic E-state index is 0.0771. The Hall–Kier alpha value is -2.12. The molecule has 0 heterocycles. The van der Waals surface area contributed by atoms with Gasteiger partial charge in [-0.25, -0.2) is 0 Å². The van der Waals surface area contributed by atoms with Gasteiger partial charge in [0.2, 0.25) is 0 Å². The first kappa shape index (κ1) is 11.9. The van der Waals surface area contributed by atoms with Crippen LogP contribution in [-0.2, 0) is 0 Å². The normalized spacial score (nSPS) is 12.5. The Labute approximate surface area is 113 Å². The fraction of sp³-hybridized carbons (Fsp3) is 0.111. The summed E-state index contributed by atoms with van der Waals surface area (Å²) >= 11 is 0. The SMILES string of the molecule is Cc1ccc(C(N)c2ccccc2)c2ccccc12. The third kappa shape index (κ3) is 2.13. The van der Waals surface area contributed by atoms with Gasteiger partial charge in [0.05, 0.1) is 6.04 Å². The lowest BCUT2D eigenvalue weighted by Crippen LogP contribution is -2.12. The molecule has 19 heavy (non-hydrogen) atoms. The summed E-state index contributed by atoms with van der Waals surface area (Å²) in [6, 6.07) is 22.9. The Morgan fingerprint density at radius 2 is 1.37 bits per heavy atom. The topological polar surface area (TPSA) is 26.0 Å². The van der Waals surface area contributed by atoms with Gasteiger partial charge in [0.15, 0.2) is 0 Å². The van der Waals surface area contributed by atoms with E-state index in [4.69, 9.17) is 5.73 Å². The van der Waals surface area contributed by atoms with Crippen LogP contribution in [0.2, 0.25) is 0 Å². The second-order valence-corrected chi connectivity index (χ2v) is 4.91. The molecule has 0 aliphatic rings. The van der Waals surface area contributed by atoms with Gasteiger partial charge in [0, 0.05) is 0 Å². The molecule has 1 nitrogen and oxygen atoms in total. The van der Waals surface area contributed by atoms with Gasteiger partial charge >= 0.3 is 0 Å². The molecular formula is C18H17N. The van der Waals surface area contributed by atoms with Crippen LogP contribution < -0.4 is 5.73 Å². The first-order chi connectivity index (χ1) is 9.27. The van der Waals surface area contributed by atoms with Crippen molar-refractivity contribution in [3.8, 4) is 0 Å². The highest BCUT2D eigenvalue weighted by molar-refractivity contribution is 5.89. The first-order valence-corrected chi connectivity index (χ1v) is 6.56. The maximum Gasteiger partial charge on any atom is 0.0557 e. The van der Waals surface area contributed by atoms with Gasteiger partial charge in [-0.3, -0.25) is 0 Å². The molecule has 0 amide bonds. The highest BCUT2D eigenvalue weighted by atomic mass is 14.6. The van der Waals surface area contributed by atoms with E-state index in [9.17, 15) is 0 Å². The standard InChI is InChI=1S/C18H17N/c1-13-11-12-17(16-10-6-5-9-15(13)16)18(19)14-7-3-2-4-8-14/h2-12,18H,19H2,1H3. The summed E-state index contributed by atoms with van der Waals surface area (Å²) in [4.78, 5) is 0. The quantitative estimate of drug-likeness (QED) is 0.721. The molecule has 0 aliphatic carbocycles. The highest BCUT2D eigenvalue weighted by Crippen LogP contribution is 2.29. The second kappa shape index (κ2) is 4.87. The Balaban J connectivity index is 2.18. The summed E-state index contributed by atoms with van der Waals surface area (Å²) in [7, 11) is 0. The summed E-state index contributed by atoms with van der Waals surface area (Å²) in [5, 5.41) is 2.53. The molecule has 3 aromatic carbocycles. The summed E-state index contributed by atoms with van der Waals surface area (Å²) in [5.41, 5.74) is 10.1. The molecule has 0 saturated carbocycles. The van der Waals surface area contributed by atoms with E-state index in [0.29, 0.717) is 0 Å². The largest absolute Gasteiger partial charge is 0.320 e. The Morgan fingerprint density at radius 1 is 0.737 bits per heavy atom. The smallest absolute Gasteiger partial charge is 0.0557 e. The summed E-state index contributed by atoms with van der Waals surface area (Å²) in [5.74, 6) is 0. The molecule has 0 bridgehead atoms. The highest BCUT2D eigenvalue weighted by Gasteiger charge is 2.12. The van der Waals surface area contributed by atoms with Gasteiger partial charge in [0.1, 0.15) is 0 Å². The van der Waals surface area contributed by atoms with Gasteiger partial charge in [-0.1, -0.05) is 66.7 Å². The molecule has 3 rings (SSSR count). The molecular weight excluding hydrogens is 230 g/mol. The van der Waals surface area contributed by atoms with Crippen LogP contribution >= 0.6 is 0 Å². The van der Waals surface area contributed by atoms with Crippen molar-refractivity contribution in [1.82, 2.24) is 0 Å². The van der Waals surface area contributed by atoms with Gasteiger partial charge in [0.25, 0.3) is 0 Å². The van der Waals surface area contributed by atoms with E-state index >= 15 is 0 Å². The number of aryl methyl sites for hydroxylation is 1. The predicted molar refractivity (Wildman–Crippen MR) is 81.2 cm³/mol. The number of nitrogens with two attached hydrogens (primary N) is 1. The van der Waals surface area contributed by atoms with Gasteiger partial charge in [-0.2, -0.15) is 0 Å². The molecule has 0 spiro atoms. The molecule has 0 aliphatic heterocycles. The lowest BCUT2D eigenvalue weighted by molar-refractivity contribution is 0.880. The lowest BCUT2D eigenvalue weighted by atomic mass is 9.92. The van der Waals surface area contributed by atoms with Gasteiger partial charge < -0.3 is 5.73 Å². The molecule has 0 saturated heterocycles. The maximum atomic E-state index is 6.43. The van der Waals surface area contributed by atoms with Crippen molar-refractivity contribution in [2.75, 3.05) is 0 Å². The number of hydrogen-bond donors (Lipinski definition) is 1. The van der Waals surface area contributed by atoms with Crippen molar-refractivity contribution >= 4 is 10.8 Å². The minimum atomic E-state index is -0.0771. The molecule has 1 unspecified atom stereocenters. The Bertz CT molecular complexity index is 701. The third-order valence-electron chi connectivity index (χ3n) is 3.67. The van der Waals surface area contributed by atoms with Crippen LogP contribution in [0.5, 0.6) is 0 Å². The van der Waals surface area contributed by atoms with E-state index in [0.717, 1.165) is 5.56 Å². The molecule has 0 fully saturated rings. The van der Waals surface area contributed by atoms with Crippen molar-refractivity contribution < 1.29 is 0 Å². The monoisotopic (exact) mass is 247 g/mol. The number of benzene rings is 3. The number of hydrogen-bond acceptors (Lipinski definition) is 1. The van der Waals surface area contributed by atoms with Crippen LogP contribution in [0.1, 0.15) is 22.7 Å².